The van der Waals surface area contributed by atoms with E-state index >= 15 is 0 Å². The summed E-state index contributed by atoms with van der Waals surface area (Å²) in [6.45, 7) is 0.585. The van der Waals surface area contributed by atoms with Gasteiger partial charge in [-0.05, 0) is 42.0 Å². The summed E-state index contributed by atoms with van der Waals surface area (Å²) in [5.74, 6) is 0.248. The van der Waals surface area contributed by atoms with Crippen LogP contribution in [0.25, 0.3) is 0 Å². The lowest BCUT2D eigenvalue weighted by Crippen LogP contribution is -2.44. The minimum Gasteiger partial charge on any atom is -0.508 e. The van der Waals surface area contributed by atoms with Crippen LogP contribution in [-0.2, 0) is 6.54 Å². The molecule has 0 amide bonds. The number of phenolic OH excluding ortho intramolecular Hbond substituents is 1. The number of anilines is 1. The number of hydrogen-bond acceptors (Lipinski definition) is 3. The van der Waals surface area contributed by atoms with E-state index in [9.17, 15) is 5.11 Å². The molecular formula is C14H15N3OS. The molecule has 0 radical (unpaired) electrons. The number of nitrogens with one attached hydrogen (secondary N) is 1. The second-order valence-corrected chi connectivity index (χ2v) is 4.50. The third-order valence-corrected chi connectivity index (χ3v) is 2.68. The molecule has 0 saturated carbocycles. The summed E-state index contributed by atoms with van der Waals surface area (Å²) in [5.41, 5.74) is 10.5. The van der Waals surface area contributed by atoms with Crippen molar-refractivity contribution in [3.05, 3.63) is 60.2 Å². The van der Waals surface area contributed by atoms with Gasteiger partial charge in [-0.1, -0.05) is 30.3 Å². The fourth-order valence-electron chi connectivity index (χ4n) is 1.72. The molecular weight excluding hydrogens is 258 g/mol. The second kappa shape index (κ2) is 6.06. The maximum atomic E-state index is 9.28. The average Bonchev–Trinajstić information content (AvgIpc) is 2.41. The lowest BCUT2D eigenvalue weighted by Gasteiger charge is -2.25. The van der Waals surface area contributed by atoms with E-state index in [1.54, 1.807) is 12.1 Å². The normalized spacial score (nSPS) is 9.89. The maximum Gasteiger partial charge on any atom is 0.182 e. The number of nitrogens with two attached hydrogens (primary N) is 1. The SMILES string of the molecule is NC(=S)NN(Cc1ccc(O)cc1)c1ccccc1. The molecule has 98 valence electrons. The Balaban J connectivity index is 2.19. The van der Waals surface area contributed by atoms with Crippen LogP contribution in [0.5, 0.6) is 5.75 Å². The van der Waals surface area contributed by atoms with E-state index in [0.29, 0.717) is 6.54 Å². The number of para-hydroxylation sites is 1. The van der Waals surface area contributed by atoms with Crippen molar-refractivity contribution in [3.63, 3.8) is 0 Å². The number of aromatic hydroxyl groups is 1. The smallest absolute Gasteiger partial charge is 0.182 e. The Morgan fingerprint density at radius 2 is 1.74 bits per heavy atom. The number of hydrogen-bond donors (Lipinski definition) is 3. The lowest BCUT2D eigenvalue weighted by molar-refractivity contribution is 0.475. The molecule has 0 aliphatic carbocycles. The summed E-state index contributed by atoms with van der Waals surface area (Å²) >= 11 is 4.89. The minimum atomic E-state index is 0.211. The van der Waals surface area contributed by atoms with E-state index < -0.39 is 0 Å². The van der Waals surface area contributed by atoms with Crippen LogP contribution < -0.4 is 16.2 Å². The minimum absolute atomic E-state index is 0.211. The Morgan fingerprint density at radius 1 is 1.11 bits per heavy atom. The van der Waals surface area contributed by atoms with Crippen molar-refractivity contribution in [2.75, 3.05) is 5.01 Å². The van der Waals surface area contributed by atoms with Crippen molar-refractivity contribution in [3.8, 4) is 5.75 Å². The number of benzene rings is 2. The molecule has 5 heteroatoms. The number of hydrazine groups is 1. The molecule has 0 fully saturated rings. The third kappa shape index (κ3) is 3.86. The monoisotopic (exact) mass is 273 g/mol. The van der Waals surface area contributed by atoms with Gasteiger partial charge in [0.2, 0.25) is 0 Å². The highest BCUT2D eigenvalue weighted by molar-refractivity contribution is 7.80. The molecule has 0 unspecified atom stereocenters. The maximum absolute atomic E-state index is 9.28. The van der Waals surface area contributed by atoms with Gasteiger partial charge in [-0.3, -0.25) is 10.4 Å². The van der Waals surface area contributed by atoms with Crippen molar-refractivity contribution in [2.24, 2.45) is 5.73 Å². The molecule has 2 rings (SSSR count). The summed E-state index contributed by atoms with van der Waals surface area (Å²) in [4.78, 5) is 0. The summed E-state index contributed by atoms with van der Waals surface area (Å²) in [6, 6.07) is 16.8. The largest absolute Gasteiger partial charge is 0.508 e. The van der Waals surface area contributed by atoms with Crippen LogP contribution in [0.15, 0.2) is 54.6 Å². The van der Waals surface area contributed by atoms with Gasteiger partial charge in [-0.15, -0.1) is 0 Å². The predicted octanol–water partition coefficient (Wildman–Crippen LogP) is 2.15. The Labute approximate surface area is 117 Å². The second-order valence-electron chi connectivity index (χ2n) is 4.06. The fourth-order valence-corrected chi connectivity index (χ4v) is 1.83. The van der Waals surface area contributed by atoms with Crippen LogP contribution in [0.1, 0.15) is 5.56 Å². The molecule has 0 heterocycles. The van der Waals surface area contributed by atoms with E-state index in [-0.39, 0.29) is 10.9 Å². The van der Waals surface area contributed by atoms with E-state index in [1.165, 1.54) is 0 Å². The van der Waals surface area contributed by atoms with Gasteiger partial charge in [0.05, 0.1) is 12.2 Å². The zero-order chi connectivity index (χ0) is 13.7. The highest BCUT2D eigenvalue weighted by Gasteiger charge is 2.07. The van der Waals surface area contributed by atoms with Gasteiger partial charge in [-0.25, -0.2) is 0 Å². The first-order valence-corrected chi connectivity index (χ1v) is 6.22. The first-order valence-electron chi connectivity index (χ1n) is 5.82. The number of phenols is 1. The van der Waals surface area contributed by atoms with Crippen molar-refractivity contribution in [1.82, 2.24) is 5.43 Å². The molecule has 0 spiro atoms. The molecule has 4 N–H and O–H groups in total. The van der Waals surface area contributed by atoms with Gasteiger partial charge in [-0.2, -0.15) is 0 Å². The van der Waals surface area contributed by atoms with Crippen molar-refractivity contribution >= 4 is 23.0 Å². The zero-order valence-corrected chi connectivity index (χ0v) is 11.1. The van der Waals surface area contributed by atoms with Gasteiger partial charge < -0.3 is 10.8 Å². The molecule has 2 aromatic carbocycles. The van der Waals surface area contributed by atoms with Gasteiger partial charge >= 0.3 is 0 Å². The molecule has 0 saturated heterocycles. The van der Waals surface area contributed by atoms with Crippen molar-refractivity contribution in [1.29, 1.82) is 0 Å². The molecule has 0 aliphatic heterocycles. The Bertz CT molecular complexity index is 542. The van der Waals surface area contributed by atoms with Crippen LogP contribution in [0, 0.1) is 0 Å². The number of rotatable bonds is 4. The van der Waals surface area contributed by atoms with Crippen LogP contribution in [-0.4, -0.2) is 10.2 Å². The van der Waals surface area contributed by atoms with Crippen LogP contribution in [0.4, 0.5) is 5.69 Å². The summed E-state index contributed by atoms with van der Waals surface area (Å²) in [7, 11) is 0. The van der Waals surface area contributed by atoms with Gasteiger partial charge in [0, 0.05) is 0 Å². The first kappa shape index (κ1) is 13.2. The predicted molar refractivity (Wildman–Crippen MR) is 80.7 cm³/mol. The van der Waals surface area contributed by atoms with Crippen molar-refractivity contribution in [2.45, 2.75) is 6.54 Å². The first-order chi connectivity index (χ1) is 9.15. The van der Waals surface area contributed by atoms with Gasteiger partial charge in [0.15, 0.2) is 5.11 Å². The highest BCUT2D eigenvalue weighted by atomic mass is 32.1. The summed E-state index contributed by atoms with van der Waals surface area (Å²) in [5, 5.41) is 11.3. The molecule has 19 heavy (non-hydrogen) atoms. The fraction of sp³-hybridized carbons (Fsp3) is 0.0714. The van der Waals surface area contributed by atoms with E-state index in [0.717, 1.165) is 11.3 Å². The Hall–Kier alpha value is -2.27. The summed E-state index contributed by atoms with van der Waals surface area (Å²) in [6.07, 6.45) is 0. The average molecular weight is 273 g/mol. The number of thiocarbonyl (C=S) groups is 1. The number of nitrogens with zero attached hydrogens (tertiary/aromatic N) is 1. The van der Waals surface area contributed by atoms with Crippen LogP contribution in [0.3, 0.4) is 0 Å². The molecule has 2 aromatic rings. The van der Waals surface area contributed by atoms with Gasteiger partial charge in [0.1, 0.15) is 5.75 Å². The molecule has 0 bridgehead atoms. The standard InChI is InChI=1S/C14H15N3OS/c15-14(19)16-17(12-4-2-1-3-5-12)10-11-6-8-13(18)9-7-11/h1-9,18H,10H2,(H3,15,16,19). The van der Waals surface area contributed by atoms with E-state index in [4.69, 9.17) is 18.0 Å². The van der Waals surface area contributed by atoms with Gasteiger partial charge in [0.25, 0.3) is 0 Å². The molecule has 0 aliphatic rings. The van der Waals surface area contributed by atoms with Crippen LogP contribution >= 0.6 is 12.2 Å². The molecule has 0 aromatic heterocycles. The van der Waals surface area contributed by atoms with Crippen molar-refractivity contribution < 1.29 is 5.11 Å². The Morgan fingerprint density at radius 3 is 2.32 bits per heavy atom. The molecule has 4 nitrogen and oxygen atoms in total. The quantitative estimate of drug-likeness (QED) is 0.588. The van der Waals surface area contributed by atoms with E-state index in [2.05, 4.69) is 5.43 Å². The van der Waals surface area contributed by atoms with E-state index in [1.807, 2.05) is 47.5 Å². The molecule has 0 atom stereocenters. The van der Waals surface area contributed by atoms with Crippen LogP contribution in [0.2, 0.25) is 0 Å². The zero-order valence-electron chi connectivity index (χ0n) is 10.3. The summed E-state index contributed by atoms with van der Waals surface area (Å²) < 4.78 is 0. The third-order valence-electron chi connectivity index (χ3n) is 2.59. The topological polar surface area (TPSA) is 61.5 Å². The highest BCUT2D eigenvalue weighted by Crippen LogP contribution is 2.16. The Kier molecular flexibility index (Phi) is 4.20. The lowest BCUT2D eigenvalue weighted by atomic mass is 10.2.